The van der Waals surface area contributed by atoms with E-state index in [9.17, 15) is 14.4 Å². The lowest BCUT2D eigenvalue weighted by atomic mass is 10.0. The zero-order chi connectivity index (χ0) is 16.6. The summed E-state index contributed by atoms with van der Waals surface area (Å²) in [5, 5.41) is 2.32. The molecular formula is C17H21N3O3. The molecule has 0 aromatic heterocycles. The summed E-state index contributed by atoms with van der Waals surface area (Å²) in [6.07, 6.45) is 1.73. The predicted octanol–water partition coefficient (Wildman–Crippen LogP) is 1.29. The van der Waals surface area contributed by atoms with Crippen LogP contribution in [0.3, 0.4) is 0 Å². The van der Waals surface area contributed by atoms with Crippen LogP contribution in [0.1, 0.15) is 42.1 Å². The van der Waals surface area contributed by atoms with Gasteiger partial charge < -0.3 is 9.80 Å². The molecule has 0 aliphatic carbocycles. The zero-order valence-electron chi connectivity index (χ0n) is 13.5. The molecule has 2 heterocycles. The lowest BCUT2D eigenvalue weighted by Crippen LogP contribution is -2.52. The van der Waals surface area contributed by atoms with Gasteiger partial charge in [0.2, 0.25) is 11.8 Å². The fourth-order valence-electron chi connectivity index (χ4n) is 3.26. The minimum atomic E-state index is -0.551. The van der Waals surface area contributed by atoms with E-state index in [-0.39, 0.29) is 24.1 Å². The van der Waals surface area contributed by atoms with Gasteiger partial charge in [0.15, 0.2) is 0 Å². The number of rotatable bonds is 4. The first-order chi connectivity index (χ1) is 11.0. The van der Waals surface area contributed by atoms with Crippen molar-refractivity contribution in [3.8, 4) is 0 Å². The van der Waals surface area contributed by atoms with Gasteiger partial charge in [-0.2, -0.15) is 0 Å². The Hall–Kier alpha value is -2.37. The summed E-state index contributed by atoms with van der Waals surface area (Å²) >= 11 is 0. The van der Waals surface area contributed by atoms with Gasteiger partial charge in [0, 0.05) is 37.8 Å². The maximum absolute atomic E-state index is 12.6. The smallest absolute Gasteiger partial charge is 0.255 e. The molecule has 1 N–H and O–H groups in total. The van der Waals surface area contributed by atoms with Gasteiger partial charge in [-0.25, -0.2) is 0 Å². The Bertz CT molecular complexity index is 671. The summed E-state index contributed by atoms with van der Waals surface area (Å²) in [7, 11) is 2.03. The maximum Gasteiger partial charge on any atom is 0.255 e. The summed E-state index contributed by atoms with van der Waals surface area (Å²) < 4.78 is 0. The van der Waals surface area contributed by atoms with Gasteiger partial charge in [-0.1, -0.05) is 6.92 Å². The van der Waals surface area contributed by atoms with Gasteiger partial charge in [0.25, 0.3) is 5.91 Å². The molecule has 6 heteroatoms. The molecule has 0 bridgehead atoms. The van der Waals surface area contributed by atoms with Crippen LogP contribution in [-0.4, -0.2) is 42.3 Å². The predicted molar refractivity (Wildman–Crippen MR) is 86.0 cm³/mol. The average molecular weight is 315 g/mol. The maximum atomic E-state index is 12.6. The Labute approximate surface area is 135 Å². The Kier molecular flexibility index (Phi) is 4.07. The highest BCUT2D eigenvalue weighted by molar-refractivity contribution is 6.05. The number of imide groups is 1. The molecule has 1 fully saturated rings. The monoisotopic (exact) mass is 315 g/mol. The molecule has 1 unspecified atom stereocenters. The number of nitrogens with one attached hydrogen (secondary N) is 1. The molecule has 1 atom stereocenters. The Morgan fingerprint density at radius 3 is 2.78 bits per heavy atom. The molecule has 6 nitrogen and oxygen atoms in total. The first kappa shape index (κ1) is 15.5. The average Bonchev–Trinajstić information content (AvgIpc) is 2.84. The SMILES string of the molecule is CCCN(C)c1ccc2c(c1)CN(C1CCC(=O)NC1=O)C2=O. The van der Waals surface area contributed by atoms with Gasteiger partial charge >= 0.3 is 0 Å². The molecule has 1 saturated heterocycles. The first-order valence-corrected chi connectivity index (χ1v) is 8.00. The van der Waals surface area contributed by atoms with Crippen LogP contribution in [0.25, 0.3) is 0 Å². The summed E-state index contributed by atoms with van der Waals surface area (Å²) in [5.74, 6) is -0.760. The van der Waals surface area contributed by atoms with Crippen molar-refractivity contribution >= 4 is 23.4 Å². The third-order valence-electron chi connectivity index (χ3n) is 4.51. The number of piperidine rings is 1. The van der Waals surface area contributed by atoms with Crippen LogP contribution in [-0.2, 0) is 16.1 Å². The number of nitrogens with zero attached hydrogens (tertiary/aromatic N) is 2. The van der Waals surface area contributed by atoms with E-state index < -0.39 is 6.04 Å². The van der Waals surface area contributed by atoms with Crippen LogP contribution in [0.2, 0.25) is 0 Å². The van der Waals surface area contributed by atoms with Crippen molar-refractivity contribution in [2.75, 3.05) is 18.5 Å². The van der Waals surface area contributed by atoms with E-state index in [4.69, 9.17) is 0 Å². The molecular weight excluding hydrogens is 294 g/mol. The van der Waals surface area contributed by atoms with E-state index in [0.717, 1.165) is 24.2 Å². The molecule has 2 aliphatic rings. The molecule has 1 aromatic carbocycles. The van der Waals surface area contributed by atoms with Gasteiger partial charge in [-0.05, 0) is 36.6 Å². The topological polar surface area (TPSA) is 69.7 Å². The zero-order valence-corrected chi connectivity index (χ0v) is 13.5. The van der Waals surface area contributed by atoms with Crippen LogP contribution in [0.15, 0.2) is 18.2 Å². The lowest BCUT2D eigenvalue weighted by molar-refractivity contribution is -0.136. The summed E-state index contributed by atoms with van der Waals surface area (Å²) in [4.78, 5) is 39.6. The highest BCUT2D eigenvalue weighted by Crippen LogP contribution is 2.30. The van der Waals surface area contributed by atoms with E-state index in [1.165, 1.54) is 0 Å². The number of fused-ring (bicyclic) bond motifs is 1. The van der Waals surface area contributed by atoms with Gasteiger partial charge in [-0.3, -0.25) is 19.7 Å². The van der Waals surface area contributed by atoms with E-state index in [0.29, 0.717) is 18.5 Å². The number of benzene rings is 1. The molecule has 0 spiro atoms. The molecule has 3 amide bonds. The standard InChI is InChI=1S/C17H21N3O3/c1-3-8-19(2)12-4-5-13-11(9-12)10-20(17(13)23)14-6-7-15(21)18-16(14)22/h4-5,9,14H,3,6-8,10H2,1-2H3,(H,18,21,22). The number of carbonyl (C=O) groups is 3. The molecule has 1 aromatic rings. The van der Waals surface area contributed by atoms with Crippen LogP contribution in [0.5, 0.6) is 0 Å². The van der Waals surface area contributed by atoms with Crippen molar-refractivity contribution in [1.29, 1.82) is 0 Å². The van der Waals surface area contributed by atoms with Crippen molar-refractivity contribution < 1.29 is 14.4 Å². The van der Waals surface area contributed by atoms with Crippen molar-refractivity contribution in [3.05, 3.63) is 29.3 Å². The minimum Gasteiger partial charge on any atom is -0.375 e. The van der Waals surface area contributed by atoms with E-state index in [1.807, 2.05) is 25.2 Å². The summed E-state index contributed by atoms with van der Waals surface area (Å²) in [6, 6.07) is 5.25. The fraction of sp³-hybridized carbons (Fsp3) is 0.471. The van der Waals surface area contributed by atoms with E-state index >= 15 is 0 Å². The molecule has 0 saturated carbocycles. The minimum absolute atomic E-state index is 0.126. The highest BCUT2D eigenvalue weighted by atomic mass is 16.2. The number of carbonyl (C=O) groups excluding carboxylic acids is 3. The van der Waals surface area contributed by atoms with Crippen LogP contribution in [0, 0.1) is 0 Å². The largest absolute Gasteiger partial charge is 0.375 e. The molecule has 122 valence electrons. The third-order valence-corrected chi connectivity index (χ3v) is 4.51. The fourth-order valence-corrected chi connectivity index (χ4v) is 3.26. The second kappa shape index (κ2) is 6.02. The normalized spacial score (nSPS) is 20.5. The number of hydrogen-bond donors (Lipinski definition) is 1. The van der Waals surface area contributed by atoms with Gasteiger partial charge in [0.1, 0.15) is 6.04 Å². The van der Waals surface area contributed by atoms with Crippen molar-refractivity contribution in [2.45, 2.75) is 38.8 Å². The van der Waals surface area contributed by atoms with E-state index in [1.54, 1.807) is 4.90 Å². The number of hydrogen-bond acceptors (Lipinski definition) is 4. The highest BCUT2D eigenvalue weighted by Gasteiger charge is 2.39. The summed E-state index contributed by atoms with van der Waals surface area (Å²) in [5.41, 5.74) is 2.67. The molecule has 3 rings (SSSR count). The molecule has 2 aliphatic heterocycles. The van der Waals surface area contributed by atoms with Gasteiger partial charge in [0.05, 0.1) is 0 Å². The second-order valence-electron chi connectivity index (χ2n) is 6.16. The molecule has 0 radical (unpaired) electrons. The van der Waals surface area contributed by atoms with Crippen LogP contribution in [0.4, 0.5) is 5.69 Å². The Balaban J connectivity index is 1.81. The van der Waals surface area contributed by atoms with Crippen LogP contribution < -0.4 is 10.2 Å². The van der Waals surface area contributed by atoms with Crippen molar-refractivity contribution in [3.63, 3.8) is 0 Å². The molecule has 23 heavy (non-hydrogen) atoms. The van der Waals surface area contributed by atoms with Crippen molar-refractivity contribution in [2.24, 2.45) is 0 Å². The van der Waals surface area contributed by atoms with Gasteiger partial charge in [-0.15, -0.1) is 0 Å². The lowest BCUT2D eigenvalue weighted by Gasteiger charge is -2.29. The quantitative estimate of drug-likeness (QED) is 0.850. The Morgan fingerprint density at radius 2 is 2.09 bits per heavy atom. The third kappa shape index (κ3) is 2.81. The first-order valence-electron chi connectivity index (χ1n) is 8.00. The summed E-state index contributed by atoms with van der Waals surface area (Å²) in [6.45, 7) is 3.50. The number of anilines is 1. The van der Waals surface area contributed by atoms with Crippen LogP contribution >= 0.6 is 0 Å². The number of amides is 3. The second-order valence-corrected chi connectivity index (χ2v) is 6.16. The van der Waals surface area contributed by atoms with Crippen molar-refractivity contribution in [1.82, 2.24) is 10.2 Å². The Morgan fingerprint density at radius 1 is 1.30 bits per heavy atom. The van der Waals surface area contributed by atoms with E-state index in [2.05, 4.69) is 17.1 Å².